The van der Waals surface area contributed by atoms with Gasteiger partial charge in [-0.05, 0) is 30.7 Å². The summed E-state index contributed by atoms with van der Waals surface area (Å²) in [4.78, 5) is 0. The van der Waals surface area contributed by atoms with Crippen LogP contribution in [0.5, 0.6) is 5.75 Å². The Morgan fingerprint density at radius 2 is 2.17 bits per heavy atom. The quantitative estimate of drug-likeness (QED) is 0.656. The molecule has 0 N–H and O–H groups in total. The van der Waals surface area contributed by atoms with E-state index in [2.05, 4.69) is 6.58 Å². The summed E-state index contributed by atoms with van der Waals surface area (Å²) < 4.78 is 17.8. The third kappa shape index (κ3) is 1.64. The fourth-order valence-electron chi connectivity index (χ4n) is 1.01. The fraction of sp³-hybridized carbons (Fsp3) is 0.200. The van der Waals surface area contributed by atoms with Crippen LogP contribution in [-0.4, -0.2) is 7.11 Å². The molecule has 0 radical (unpaired) electrons. The largest absolute Gasteiger partial charge is 0.496 e. The Morgan fingerprint density at radius 3 is 2.67 bits per heavy atom. The summed E-state index contributed by atoms with van der Waals surface area (Å²) >= 11 is 0. The first-order chi connectivity index (χ1) is 5.65. The first-order valence-corrected chi connectivity index (χ1v) is 3.64. The van der Waals surface area contributed by atoms with Crippen molar-refractivity contribution in [2.45, 2.75) is 6.92 Å². The molecule has 0 spiro atoms. The van der Waals surface area contributed by atoms with Crippen molar-refractivity contribution in [2.75, 3.05) is 7.11 Å². The molecule has 0 aliphatic rings. The minimum atomic E-state index is -0.270. The minimum absolute atomic E-state index is 0.270. The Labute approximate surface area is 71.5 Å². The highest BCUT2D eigenvalue weighted by molar-refractivity contribution is 5.67. The monoisotopic (exact) mass is 166 g/mol. The molecule has 64 valence electrons. The molecule has 1 aromatic carbocycles. The van der Waals surface area contributed by atoms with E-state index in [0.717, 1.165) is 11.1 Å². The van der Waals surface area contributed by atoms with E-state index in [9.17, 15) is 4.39 Å². The van der Waals surface area contributed by atoms with Crippen molar-refractivity contribution in [1.29, 1.82) is 0 Å². The van der Waals surface area contributed by atoms with Crippen LogP contribution >= 0.6 is 0 Å². The summed E-state index contributed by atoms with van der Waals surface area (Å²) in [6.45, 7) is 5.55. The highest BCUT2D eigenvalue weighted by atomic mass is 19.1. The molecular formula is C10H11FO. The lowest BCUT2D eigenvalue weighted by Gasteiger charge is -2.07. The maximum absolute atomic E-state index is 12.7. The van der Waals surface area contributed by atoms with Crippen LogP contribution in [0.3, 0.4) is 0 Å². The van der Waals surface area contributed by atoms with Crippen LogP contribution in [0.15, 0.2) is 24.8 Å². The molecule has 0 bridgehead atoms. The second-order valence-corrected chi connectivity index (χ2v) is 2.62. The predicted molar refractivity (Wildman–Crippen MR) is 47.7 cm³/mol. The molecular weight excluding hydrogens is 155 g/mol. The molecule has 0 unspecified atom stereocenters. The van der Waals surface area contributed by atoms with Gasteiger partial charge in [0.25, 0.3) is 0 Å². The summed E-state index contributed by atoms with van der Waals surface area (Å²) in [5.41, 5.74) is 1.52. The zero-order valence-electron chi connectivity index (χ0n) is 7.23. The molecule has 0 aliphatic heterocycles. The molecule has 0 amide bonds. The van der Waals surface area contributed by atoms with Gasteiger partial charge >= 0.3 is 0 Å². The van der Waals surface area contributed by atoms with Crippen LogP contribution in [0.25, 0.3) is 5.57 Å². The minimum Gasteiger partial charge on any atom is -0.496 e. The Bertz CT molecular complexity index is 305. The number of ether oxygens (including phenoxy) is 1. The number of benzene rings is 1. The number of hydrogen-bond acceptors (Lipinski definition) is 1. The van der Waals surface area contributed by atoms with Crippen LogP contribution in [0.4, 0.5) is 4.39 Å². The Morgan fingerprint density at radius 1 is 1.50 bits per heavy atom. The first-order valence-electron chi connectivity index (χ1n) is 3.64. The smallest absolute Gasteiger partial charge is 0.126 e. The lowest BCUT2D eigenvalue weighted by Crippen LogP contribution is -1.90. The molecule has 0 saturated carbocycles. The maximum Gasteiger partial charge on any atom is 0.126 e. The molecule has 1 nitrogen and oxygen atoms in total. The van der Waals surface area contributed by atoms with Crippen molar-refractivity contribution < 1.29 is 9.13 Å². The Hall–Kier alpha value is -1.31. The van der Waals surface area contributed by atoms with Gasteiger partial charge in [-0.15, -0.1) is 0 Å². The van der Waals surface area contributed by atoms with Crippen LogP contribution in [0, 0.1) is 5.82 Å². The average Bonchev–Trinajstić information content (AvgIpc) is 2.04. The van der Waals surface area contributed by atoms with Gasteiger partial charge in [0, 0.05) is 5.56 Å². The molecule has 1 aromatic rings. The third-order valence-corrected chi connectivity index (χ3v) is 1.62. The van der Waals surface area contributed by atoms with E-state index >= 15 is 0 Å². The molecule has 2 heteroatoms. The highest BCUT2D eigenvalue weighted by Crippen LogP contribution is 2.24. The van der Waals surface area contributed by atoms with Crippen molar-refractivity contribution >= 4 is 5.57 Å². The number of hydrogen-bond donors (Lipinski definition) is 0. The maximum atomic E-state index is 12.7. The van der Waals surface area contributed by atoms with Gasteiger partial charge in [-0.3, -0.25) is 0 Å². The summed E-state index contributed by atoms with van der Waals surface area (Å²) in [6, 6.07) is 4.38. The second kappa shape index (κ2) is 3.39. The average molecular weight is 166 g/mol. The van der Waals surface area contributed by atoms with E-state index < -0.39 is 0 Å². The van der Waals surface area contributed by atoms with E-state index in [-0.39, 0.29) is 5.82 Å². The van der Waals surface area contributed by atoms with Crippen molar-refractivity contribution in [3.8, 4) is 5.75 Å². The highest BCUT2D eigenvalue weighted by Gasteiger charge is 2.03. The molecule has 0 heterocycles. The van der Waals surface area contributed by atoms with Gasteiger partial charge in [-0.2, -0.15) is 0 Å². The summed E-state index contributed by atoms with van der Waals surface area (Å²) in [7, 11) is 1.56. The number of halogens is 1. The van der Waals surface area contributed by atoms with Crippen molar-refractivity contribution in [3.63, 3.8) is 0 Å². The van der Waals surface area contributed by atoms with Crippen LogP contribution in [-0.2, 0) is 0 Å². The van der Waals surface area contributed by atoms with Crippen LogP contribution < -0.4 is 4.74 Å². The van der Waals surface area contributed by atoms with E-state index in [1.807, 2.05) is 6.92 Å². The van der Waals surface area contributed by atoms with Crippen molar-refractivity contribution in [1.82, 2.24) is 0 Å². The molecule has 1 rings (SSSR count). The predicted octanol–water partition coefficient (Wildman–Crippen LogP) is 2.87. The van der Waals surface area contributed by atoms with Crippen molar-refractivity contribution in [2.24, 2.45) is 0 Å². The first kappa shape index (κ1) is 8.78. The molecule has 0 fully saturated rings. The molecule has 0 aromatic heterocycles. The summed E-state index contributed by atoms with van der Waals surface area (Å²) in [5, 5.41) is 0. The number of rotatable bonds is 2. The number of allylic oxidation sites excluding steroid dienone is 1. The van der Waals surface area contributed by atoms with Crippen LogP contribution in [0.1, 0.15) is 12.5 Å². The van der Waals surface area contributed by atoms with E-state index in [1.165, 1.54) is 12.1 Å². The normalized spacial score (nSPS) is 9.58. The van der Waals surface area contributed by atoms with Crippen LogP contribution in [0.2, 0.25) is 0 Å². The van der Waals surface area contributed by atoms with E-state index in [4.69, 9.17) is 4.74 Å². The molecule has 0 atom stereocenters. The SMILES string of the molecule is C=C(C)c1cc(F)ccc1OC. The van der Waals surface area contributed by atoms with Gasteiger partial charge in [-0.1, -0.05) is 6.58 Å². The molecule has 0 saturated heterocycles. The van der Waals surface area contributed by atoms with Gasteiger partial charge in [0.1, 0.15) is 11.6 Å². The Balaban J connectivity index is 3.21. The van der Waals surface area contributed by atoms with E-state index in [0.29, 0.717) is 5.75 Å². The zero-order chi connectivity index (χ0) is 9.14. The Kier molecular flexibility index (Phi) is 2.48. The molecule has 12 heavy (non-hydrogen) atoms. The van der Waals surface area contributed by atoms with Gasteiger partial charge < -0.3 is 4.74 Å². The lowest BCUT2D eigenvalue weighted by molar-refractivity contribution is 0.412. The summed E-state index contributed by atoms with van der Waals surface area (Å²) in [6.07, 6.45) is 0. The van der Waals surface area contributed by atoms with Gasteiger partial charge in [0.2, 0.25) is 0 Å². The van der Waals surface area contributed by atoms with Gasteiger partial charge in [0.05, 0.1) is 7.11 Å². The number of methoxy groups -OCH3 is 1. The third-order valence-electron chi connectivity index (χ3n) is 1.62. The lowest BCUT2D eigenvalue weighted by atomic mass is 10.1. The van der Waals surface area contributed by atoms with Crippen molar-refractivity contribution in [3.05, 3.63) is 36.2 Å². The zero-order valence-corrected chi connectivity index (χ0v) is 7.23. The molecule has 0 aliphatic carbocycles. The van der Waals surface area contributed by atoms with E-state index in [1.54, 1.807) is 13.2 Å². The second-order valence-electron chi connectivity index (χ2n) is 2.62. The fourth-order valence-corrected chi connectivity index (χ4v) is 1.01. The summed E-state index contributed by atoms with van der Waals surface area (Å²) in [5.74, 6) is 0.387. The van der Waals surface area contributed by atoms with Gasteiger partial charge in [0.15, 0.2) is 0 Å². The standard InChI is InChI=1S/C10H11FO/c1-7(2)9-6-8(11)4-5-10(9)12-3/h4-6H,1H2,2-3H3. The van der Waals surface area contributed by atoms with Gasteiger partial charge in [-0.25, -0.2) is 4.39 Å². The topological polar surface area (TPSA) is 9.23 Å².